The van der Waals surface area contributed by atoms with Gasteiger partial charge in [-0.15, -0.1) is 5.10 Å². The van der Waals surface area contributed by atoms with Gasteiger partial charge in [-0.25, -0.2) is 13.1 Å². The number of rotatable bonds is 8. The highest BCUT2D eigenvalue weighted by Gasteiger charge is 2.11. The second-order valence-corrected chi connectivity index (χ2v) is 7.38. The average Bonchev–Trinajstić information content (AvgIpc) is 2.71. The molecule has 0 saturated heterocycles. The zero-order valence-corrected chi connectivity index (χ0v) is 13.2. The van der Waals surface area contributed by atoms with Crippen molar-refractivity contribution in [3.8, 4) is 0 Å². The second kappa shape index (κ2) is 7.00. The molecule has 3 N–H and O–H groups in total. The zero-order valence-electron chi connectivity index (χ0n) is 12.4. The standard InChI is InChI=1S/C11H23N5O3S/c1-11(2,3)13-8-9-15-16-10(19-9)12-6-5-7-14-20(4,17)18/h13-14H,5-8H2,1-4H3,(H,12,16). The van der Waals surface area contributed by atoms with Crippen LogP contribution in [-0.4, -0.2) is 43.5 Å². The summed E-state index contributed by atoms with van der Waals surface area (Å²) in [5.74, 6) is 0.511. The van der Waals surface area contributed by atoms with E-state index in [0.717, 1.165) is 6.26 Å². The predicted octanol–water partition coefficient (Wildman–Crippen LogP) is 0.309. The zero-order chi connectivity index (χ0) is 15.2. The Morgan fingerprint density at radius 2 is 1.90 bits per heavy atom. The lowest BCUT2D eigenvalue weighted by Gasteiger charge is -2.18. The van der Waals surface area contributed by atoms with Gasteiger partial charge in [0.25, 0.3) is 0 Å². The van der Waals surface area contributed by atoms with E-state index in [0.29, 0.717) is 38.0 Å². The van der Waals surface area contributed by atoms with Crippen LogP contribution in [0.1, 0.15) is 33.1 Å². The number of sulfonamides is 1. The Morgan fingerprint density at radius 1 is 1.20 bits per heavy atom. The van der Waals surface area contributed by atoms with Crippen molar-refractivity contribution in [1.82, 2.24) is 20.2 Å². The first-order chi connectivity index (χ1) is 9.16. The molecule has 0 radical (unpaired) electrons. The lowest BCUT2D eigenvalue weighted by molar-refractivity contribution is 0.383. The molecule has 9 heteroatoms. The van der Waals surface area contributed by atoms with Crippen molar-refractivity contribution >= 4 is 16.0 Å². The van der Waals surface area contributed by atoms with Gasteiger partial charge >= 0.3 is 6.01 Å². The Balaban J connectivity index is 2.24. The molecule has 1 heterocycles. The quantitative estimate of drug-likeness (QED) is 0.593. The van der Waals surface area contributed by atoms with Crippen LogP contribution < -0.4 is 15.4 Å². The van der Waals surface area contributed by atoms with Crippen LogP contribution in [0.2, 0.25) is 0 Å². The third-order valence-electron chi connectivity index (χ3n) is 2.23. The molecule has 0 amide bonds. The molecule has 0 unspecified atom stereocenters. The van der Waals surface area contributed by atoms with Crippen LogP contribution in [0.5, 0.6) is 0 Å². The van der Waals surface area contributed by atoms with Crippen molar-refractivity contribution in [2.45, 2.75) is 39.3 Å². The second-order valence-electron chi connectivity index (χ2n) is 5.55. The van der Waals surface area contributed by atoms with Gasteiger partial charge in [0.05, 0.1) is 12.8 Å². The van der Waals surface area contributed by atoms with Crippen LogP contribution in [0.15, 0.2) is 4.42 Å². The maximum atomic E-state index is 10.8. The molecule has 20 heavy (non-hydrogen) atoms. The molecular formula is C11H23N5O3S. The first-order valence-electron chi connectivity index (χ1n) is 6.42. The summed E-state index contributed by atoms with van der Waals surface area (Å²) < 4.78 is 29.5. The molecule has 0 spiro atoms. The summed E-state index contributed by atoms with van der Waals surface area (Å²) in [5, 5.41) is 14.0. The van der Waals surface area contributed by atoms with Gasteiger partial charge < -0.3 is 15.1 Å². The summed E-state index contributed by atoms with van der Waals surface area (Å²) in [4.78, 5) is 0. The van der Waals surface area contributed by atoms with E-state index in [1.165, 1.54) is 0 Å². The summed E-state index contributed by atoms with van der Waals surface area (Å²) in [5.41, 5.74) is -0.0145. The smallest absolute Gasteiger partial charge is 0.315 e. The fourth-order valence-corrected chi connectivity index (χ4v) is 1.79. The Bertz CT molecular complexity index is 506. The molecule has 0 saturated carbocycles. The fraction of sp³-hybridized carbons (Fsp3) is 0.818. The molecule has 116 valence electrons. The third kappa shape index (κ3) is 8.08. The minimum Gasteiger partial charge on any atom is -0.407 e. The van der Waals surface area contributed by atoms with Gasteiger partial charge in [-0.1, -0.05) is 5.10 Å². The Morgan fingerprint density at radius 3 is 2.50 bits per heavy atom. The molecular weight excluding hydrogens is 282 g/mol. The molecule has 1 rings (SSSR count). The average molecular weight is 305 g/mol. The van der Waals surface area contributed by atoms with Gasteiger partial charge in [0, 0.05) is 18.6 Å². The molecule has 0 aliphatic rings. The summed E-state index contributed by atoms with van der Waals surface area (Å²) in [6, 6.07) is 0.343. The molecule has 0 aliphatic heterocycles. The van der Waals surface area contributed by atoms with E-state index in [2.05, 4.69) is 46.3 Å². The van der Waals surface area contributed by atoms with Crippen molar-refractivity contribution in [1.29, 1.82) is 0 Å². The monoisotopic (exact) mass is 305 g/mol. The van der Waals surface area contributed by atoms with Crippen molar-refractivity contribution in [3.63, 3.8) is 0 Å². The summed E-state index contributed by atoms with van der Waals surface area (Å²) in [6.45, 7) is 7.59. The van der Waals surface area contributed by atoms with Gasteiger partial charge in [-0.3, -0.25) is 0 Å². The van der Waals surface area contributed by atoms with E-state index in [1.807, 2.05) is 0 Å². The maximum Gasteiger partial charge on any atom is 0.315 e. The van der Waals surface area contributed by atoms with E-state index in [4.69, 9.17) is 4.42 Å². The van der Waals surface area contributed by atoms with Gasteiger partial charge in [0.1, 0.15) is 0 Å². The van der Waals surface area contributed by atoms with Crippen molar-refractivity contribution < 1.29 is 12.8 Å². The summed E-state index contributed by atoms with van der Waals surface area (Å²) in [6.07, 6.45) is 1.76. The van der Waals surface area contributed by atoms with Crippen LogP contribution in [0.3, 0.4) is 0 Å². The number of aromatic nitrogens is 2. The maximum absolute atomic E-state index is 10.8. The highest BCUT2D eigenvalue weighted by molar-refractivity contribution is 7.88. The highest BCUT2D eigenvalue weighted by Crippen LogP contribution is 2.07. The van der Waals surface area contributed by atoms with E-state index in [-0.39, 0.29) is 5.54 Å². The molecule has 0 bridgehead atoms. The third-order valence-corrected chi connectivity index (χ3v) is 2.96. The fourth-order valence-electron chi connectivity index (χ4n) is 1.28. The minimum atomic E-state index is -3.12. The van der Waals surface area contributed by atoms with Crippen LogP contribution >= 0.6 is 0 Å². The minimum absolute atomic E-state index is 0.0145. The Kier molecular flexibility index (Phi) is 5.90. The molecule has 0 aromatic carbocycles. The topological polar surface area (TPSA) is 109 Å². The molecule has 0 aliphatic carbocycles. The van der Waals surface area contributed by atoms with E-state index in [9.17, 15) is 8.42 Å². The molecule has 1 aromatic rings. The highest BCUT2D eigenvalue weighted by atomic mass is 32.2. The van der Waals surface area contributed by atoms with Crippen LogP contribution in [0.4, 0.5) is 6.01 Å². The van der Waals surface area contributed by atoms with E-state index in [1.54, 1.807) is 0 Å². The SMILES string of the molecule is CC(C)(C)NCc1nnc(NCCCNS(C)(=O)=O)o1. The normalized spacial score (nSPS) is 12.6. The lowest BCUT2D eigenvalue weighted by Crippen LogP contribution is -2.35. The van der Waals surface area contributed by atoms with Gasteiger partial charge in [0.15, 0.2) is 0 Å². The van der Waals surface area contributed by atoms with Crippen LogP contribution in [0, 0.1) is 0 Å². The Hall–Kier alpha value is -1.19. The first kappa shape index (κ1) is 16.9. The lowest BCUT2D eigenvalue weighted by atomic mass is 10.1. The van der Waals surface area contributed by atoms with Gasteiger partial charge in [-0.05, 0) is 27.2 Å². The number of nitrogens with one attached hydrogen (secondary N) is 3. The molecule has 0 atom stereocenters. The van der Waals surface area contributed by atoms with Gasteiger partial charge in [-0.2, -0.15) is 0 Å². The van der Waals surface area contributed by atoms with Crippen LogP contribution in [0.25, 0.3) is 0 Å². The van der Waals surface area contributed by atoms with E-state index < -0.39 is 10.0 Å². The Labute approximate surface area is 119 Å². The molecule has 8 nitrogen and oxygen atoms in total. The van der Waals surface area contributed by atoms with Crippen molar-refractivity contribution in [2.24, 2.45) is 0 Å². The number of anilines is 1. The number of nitrogens with zero attached hydrogens (tertiary/aromatic N) is 2. The number of hydrogen-bond acceptors (Lipinski definition) is 7. The van der Waals surface area contributed by atoms with Crippen LogP contribution in [-0.2, 0) is 16.6 Å². The van der Waals surface area contributed by atoms with E-state index >= 15 is 0 Å². The van der Waals surface area contributed by atoms with Gasteiger partial charge in [0.2, 0.25) is 15.9 Å². The summed E-state index contributed by atoms with van der Waals surface area (Å²) in [7, 11) is -3.12. The largest absolute Gasteiger partial charge is 0.407 e. The van der Waals surface area contributed by atoms with Crippen molar-refractivity contribution in [2.75, 3.05) is 24.7 Å². The predicted molar refractivity (Wildman–Crippen MR) is 76.8 cm³/mol. The van der Waals surface area contributed by atoms with Crippen molar-refractivity contribution in [3.05, 3.63) is 5.89 Å². The molecule has 1 aromatic heterocycles. The molecule has 0 fully saturated rings. The summed E-state index contributed by atoms with van der Waals surface area (Å²) >= 11 is 0. The number of hydrogen-bond donors (Lipinski definition) is 3. The first-order valence-corrected chi connectivity index (χ1v) is 8.31.